The number of piperazine rings is 1. The lowest BCUT2D eigenvalue weighted by Crippen LogP contribution is -2.68. The molecule has 3 saturated heterocycles. The third-order valence-electron chi connectivity index (χ3n) is 8.45. The maximum atomic E-state index is 13.6. The fraction of sp³-hybridized carbons (Fsp3) is 0.640. The molecule has 12 nitrogen and oxygen atoms in total. The summed E-state index contributed by atoms with van der Waals surface area (Å²) >= 11 is 0.713. The van der Waals surface area contributed by atoms with E-state index in [1.54, 1.807) is 6.07 Å². The highest BCUT2D eigenvalue weighted by atomic mass is 32.2. The molecule has 4 aliphatic rings. The van der Waals surface area contributed by atoms with Gasteiger partial charge in [0.15, 0.2) is 5.01 Å². The van der Waals surface area contributed by atoms with Crippen LogP contribution in [0.1, 0.15) is 38.1 Å². The summed E-state index contributed by atoms with van der Waals surface area (Å²) in [6, 6.07) is 3.70. The number of ether oxygens (including phenoxy) is 2. The number of halogens is 2. The summed E-state index contributed by atoms with van der Waals surface area (Å²) in [6.45, 7) is 8.84. The van der Waals surface area contributed by atoms with Crippen LogP contribution >= 0.6 is 11.3 Å². The Kier molecular flexibility index (Phi) is 6.70. The fourth-order valence-electron chi connectivity index (χ4n) is 5.56. The summed E-state index contributed by atoms with van der Waals surface area (Å²) < 4.78 is 70.1. The van der Waals surface area contributed by atoms with E-state index in [0.29, 0.717) is 72.7 Å². The lowest BCUT2D eigenvalue weighted by atomic mass is 9.97. The molecular formula is C25H32F2N8O4S2. The Labute approximate surface area is 240 Å². The summed E-state index contributed by atoms with van der Waals surface area (Å²) in [5, 5.41) is 16.0. The average Bonchev–Trinajstić information content (AvgIpc) is 3.29. The summed E-state index contributed by atoms with van der Waals surface area (Å²) in [6.07, 6.45) is -1.41. The minimum Gasteiger partial charge on any atom is -0.470 e. The molecule has 222 valence electrons. The van der Waals surface area contributed by atoms with E-state index >= 15 is 0 Å². The molecule has 2 atom stereocenters. The fourth-order valence-corrected chi connectivity index (χ4v) is 7.73. The number of fused-ring (bicyclic) bond motifs is 1. The second kappa shape index (κ2) is 10.1. The lowest BCUT2D eigenvalue weighted by Gasteiger charge is -2.51. The van der Waals surface area contributed by atoms with Gasteiger partial charge in [-0.15, -0.1) is 15.3 Å². The zero-order chi connectivity index (χ0) is 28.5. The molecule has 1 aromatic carbocycles. The Morgan fingerprint density at radius 1 is 1.22 bits per heavy atom. The number of hydrogen-bond donors (Lipinski definition) is 2. The van der Waals surface area contributed by atoms with Gasteiger partial charge in [-0.05, 0) is 38.8 Å². The number of sulfonamides is 1. The maximum Gasteiger partial charge on any atom is 0.291 e. The van der Waals surface area contributed by atoms with Gasteiger partial charge in [0.1, 0.15) is 6.10 Å². The number of alkyl halides is 2. The van der Waals surface area contributed by atoms with E-state index in [4.69, 9.17) is 14.6 Å². The van der Waals surface area contributed by atoms with Crippen LogP contribution in [0.2, 0.25) is 0 Å². The Balaban J connectivity index is 1.36. The minimum absolute atomic E-state index is 0.0751. The van der Waals surface area contributed by atoms with Crippen LogP contribution in [0.15, 0.2) is 17.0 Å². The molecule has 1 aliphatic carbocycles. The highest BCUT2D eigenvalue weighted by Crippen LogP contribution is 2.42. The van der Waals surface area contributed by atoms with Crippen molar-refractivity contribution >= 4 is 38.0 Å². The van der Waals surface area contributed by atoms with Crippen LogP contribution in [0.4, 0.5) is 14.5 Å². The number of nitrogens with one attached hydrogen (secondary N) is 2. The van der Waals surface area contributed by atoms with Crippen LogP contribution < -0.4 is 19.7 Å². The Bertz CT molecular complexity index is 1570. The largest absolute Gasteiger partial charge is 0.470 e. The number of anilines is 1. The van der Waals surface area contributed by atoms with Gasteiger partial charge in [-0.1, -0.05) is 11.3 Å². The first-order valence-electron chi connectivity index (χ1n) is 13.8. The lowest BCUT2D eigenvalue weighted by molar-refractivity contribution is -0.144. The van der Waals surface area contributed by atoms with Crippen molar-refractivity contribution in [2.45, 2.75) is 61.7 Å². The Morgan fingerprint density at radius 2 is 1.98 bits per heavy atom. The van der Waals surface area contributed by atoms with Gasteiger partial charge < -0.3 is 19.7 Å². The van der Waals surface area contributed by atoms with Crippen molar-refractivity contribution in [3.8, 4) is 11.0 Å². The zero-order valence-corrected chi connectivity index (χ0v) is 24.3. The van der Waals surface area contributed by atoms with E-state index in [1.165, 1.54) is 10.7 Å². The van der Waals surface area contributed by atoms with Gasteiger partial charge in [-0.2, -0.15) is 0 Å². The number of nitrogens with zero attached hydrogens (tertiary/aromatic N) is 6. The molecule has 0 unspecified atom stereocenters. The molecule has 0 spiro atoms. The molecule has 0 amide bonds. The highest BCUT2D eigenvalue weighted by Gasteiger charge is 2.45. The second-order valence-corrected chi connectivity index (χ2v) is 14.1. The summed E-state index contributed by atoms with van der Waals surface area (Å²) in [5.41, 5.74) is 0.604. The van der Waals surface area contributed by atoms with E-state index < -0.39 is 27.0 Å². The number of hydrogen-bond acceptors (Lipinski definition) is 11. The highest BCUT2D eigenvalue weighted by molar-refractivity contribution is 7.89. The molecule has 2 aromatic heterocycles. The van der Waals surface area contributed by atoms with Crippen LogP contribution in [0, 0.1) is 0 Å². The normalized spacial score (nSPS) is 25.0. The molecule has 16 heteroatoms. The topological polar surface area (TPSA) is 127 Å². The van der Waals surface area contributed by atoms with Crippen molar-refractivity contribution < 1.29 is 26.7 Å². The van der Waals surface area contributed by atoms with E-state index in [9.17, 15) is 17.2 Å². The maximum absolute atomic E-state index is 13.6. The average molecular weight is 611 g/mol. The number of rotatable bonds is 9. The van der Waals surface area contributed by atoms with Crippen LogP contribution in [-0.2, 0) is 14.8 Å². The predicted molar refractivity (Wildman–Crippen MR) is 148 cm³/mol. The third kappa shape index (κ3) is 4.97. The van der Waals surface area contributed by atoms with E-state index in [2.05, 4.69) is 37.0 Å². The molecule has 7 rings (SSSR count). The van der Waals surface area contributed by atoms with Crippen LogP contribution in [0.25, 0.3) is 16.0 Å². The molecule has 3 aliphatic heterocycles. The van der Waals surface area contributed by atoms with Crippen molar-refractivity contribution in [3.63, 3.8) is 0 Å². The zero-order valence-electron chi connectivity index (χ0n) is 22.7. The molecule has 41 heavy (non-hydrogen) atoms. The van der Waals surface area contributed by atoms with E-state index in [-0.39, 0.29) is 22.2 Å². The second-order valence-electron chi connectivity index (χ2n) is 11.5. The van der Waals surface area contributed by atoms with E-state index in [0.717, 1.165) is 25.9 Å². The predicted octanol–water partition coefficient (Wildman–Crippen LogP) is 1.91. The van der Waals surface area contributed by atoms with Gasteiger partial charge >= 0.3 is 0 Å². The Hall–Kier alpha value is -2.50. The van der Waals surface area contributed by atoms with Crippen LogP contribution in [0.5, 0.6) is 5.88 Å². The number of likely N-dealkylation sites (tertiary alicyclic amines) is 1. The smallest absolute Gasteiger partial charge is 0.291 e. The first-order chi connectivity index (χ1) is 19.6. The standard InChI is InChI=1S/C25H32F2N8O4S2/c1-14-19(11-34(14)15-12-38-13-15)39-22-20-17(33-7-5-28-6-8-33)9-16(41(36,37)32-25(2)3-4-25)10-18(20)35(31-22)24-30-29-23(40-24)21(26)27/h9-10,14-15,19,21,28,32H,3-8,11-13H2,1-2H3/t14-,19+/m1/s1. The summed E-state index contributed by atoms with van der Waals surface area (Å²) in [4.78, 5) is 4.52. The van der Waals surface area contributed by atoms with Crippen molar-refractivity contribution in [1.82, 2.24) is 34.9 Å². The third-order valence-corrected chi connectivity index (χ3v) is 11.0. The quantitative estimate of drug-likeness (QED) is 0.371. The van der Waals surface area contributed by atoms with Gasteiger partial charge in [0.25, 0.3) is 6.43 Å². The summed E-state index contributed by atoms with van der Waals surface area (Å²) in [5.74, 6) is 0.315. The Morgan fingerprint density at radius 3 is 2.59 bits per heavy atom. The van der Waals surface area contributed by atoms with Crippen molar-refractivity contribution in [3.05, 3.63) is 17.1 Å². The molecule has 0 radical (unpaired) electrons. The molecule has 1 saturated carbocycles. The number of benzene rings is 1. The summed E-state index contributed by atoms with van der Waals surface area (Å²) in [7, 11) is -3.89. The van der Waals surface area contributed by atoms with Gasteiger partial charge in [0, 0.05) is 44.3 Å². The first-order valence-corrected chi connectivity index (χ1v) is 16.1. The molecule has 5 heterocycles. The van der Waals surface area contributed by atoms with Gasteiger partial charge in [-0.25, -0.2) is 26.6 Å². The first kappa shape index (κ1) is 27.3. The van der Waals surface area contributed by atoms with Crippen molar-refractivity contribution in [2.75, 3.05) is 50.8 Å². The molecular weight excluding hydrogens is 578 g/mol. The van der Waals surface area contributed by atoms with Crippen LogP contribution in [0.3, 0.4) is 0 Å². The minimum atomic E-state index is -3.89. The molecule has 3 aromatic rings. The number of aromatic nitrogens is 4. The molecule has 0 bridgehead atoms. The molecule has 4 fully saturated rings. The van der Waals surface area contributed by atoms with Gasteiger partial charge in [0.2, 0.25) is 21.0 Å². The van der Waals surface area contributed by atoms with Gasteiger partial charge in [-0.3, -0.25) is 4.90 Å². The van der Waals surface area contributed by atoms with Crippen molar-refractivity contribution in [1.29, 1.82) is 0 Å². The van der Waals surface area contributed by atoms with Crippen molar-refractivity contribution in [2.24, 2.45) is 0 Å². The van der Waals surface area contributed by atoms with Gasteiger partial charge in [0.05, 0.1) is 40.7 Å². The van der Waals surface area contributed by atoms with E-state index in [1.807, 2.05) is 6.92 Å². The van der Waals surface area contributed by atoms with Crippen LogP contribution in [-0.4, -0.2) is 103 Å². The SMILES string of the molecule is C[C@@H]1[C@@H](Oc2nn(-c3nnc(C(F)F)s3)c3cc(S(=O)(=O)NC4(C)CC4)cc(N4CCNCC4)c23)CN1C1COC1. The monoisotopic (exact) mass is 610 g/mol. The molecule has 2 N–H and O–H groups in total.